The highest BCUT2D eigenvalue weighted by molar-refractivity contribution is 7.89. The average molecular weight is 425 g/mol. The van der Waals surface area contributed by atoms with Crippen molar-refractivity contribution >= 4 is 10.0 Å². The van der Waals surface area contributed by atoms with E-state index in [2.05, 4.69) is 22.0 Å². The van der Waals surface area contributed by atoms with E-state index in [-0.39, 0.29) is 17.6 Å². The van der Waals surface area contributed by atoms with Gasteiger partial charge in [-0.25, -0.2) is 12.8 Å². The van der Waals surface area contributed by atoms with E-state index in [9.17, 15) is 12.8 Å². The van der Waals surface area contributed by atoms with E-state index < -0.39 is 10.0 Å². The van der Waals surface area contributed by atoms with Gasteiger partial charge in [0.1, 0.15) is 5.82 Å². The summed E-state index contributed by atoms with van der Waals surface area (Å²) in [7, 11) is -3.19. The molecular weight excluding hydrogens is 395 g/mol. The van der Waals surface area contributed by atoms with Crippen molar-refractivity contribution in [3.63, 3.8) is 0 Å². The normalized spacial score (nSPS) is 17.5. The van der Waals surface area contributed by atoms with Gasteiger partial charge in [0.25, 0.3) is 0 Å². The molecule has 0 amide bonds. The summed E-state index contributed by atoms with van der Waals surface area (Å²) in [6.45, 7) is 7.85. The summed E-state index contributed by atoms with van der Waals surface area (Å²) in [6.07, 6.45) is 2.64. The highest BCUT2D eigenvalue weighted by Crippen LogP contribution is 2.25. The Kier molecular flexibility index (Phi) is 7.02. The van der Waals surface area contributed by atoms with Crippen molar-refractivity contribution in [2.45, 2.75) is 46.1 Å². The van der Waals surface area contributed by atoms with Gasteiger partial charge >= 0.3 is 0 Å². The number of unbranched alkanes of at least 4 members (excludes halogenated alkanes) is 2. The summed E-state index contributed by atoms with van der Waals surface area (Å²) in [5, 5.41) is 3.98. The molecule has 3 rings (SSSR count). The molecule has 1 aliphatic heterocycles. The molecule has 0 bridgehead atoms. The van der Waals surface area contributed by atoms with E-state index in [0.29, 0.717) is 55.4 Å². The van der Waals surface area contributed by atoms with Crippen LogP contribution in [0.5, 0.6) is 0 Å². The Morgan fingerprint density at radius 1 is 1.21 bits per heavy atom. The minimum Gasteiger partial charge on any atom is -0.337 e. The molecule has 1 aromatic heterocycles. The standard InChI is InChI=1S/C20H29FN4O3S/c1-4-5-6-13-29(26,27)25-11-9-24(10-12-25)16(3)20-22-19(23-28-20)17-8-7-15(2)18(21)14-17/h7-8,14,16H,4-6,9-13H2,1-3H3. The quantitative estimate of drug-likeness (QED) is 0.605. The third-order valence-electron chi connectivity index (χ3n) is 5.45. The van der Waals surface area contributed by atoms with Crippen molar-refractivity contribution in [1.82, 2.24) is 19.3 Å². The van der Waals surface area contributed by atoms with Crippen molar-refractivity contribution in [1.29, 1.82) is 0 Å². The number of rotatable bonds is 8. The zero-order valence-corrected chi connectivity index (χ0v) is 18.1. The lowest BCUT2D eigenvalue weighted by Crippen LogP contribution is -2.49. The third-order valence-corrected chi connectivity index (χ3v) is 7.41. The van der Waals surface area contributed by atoms with Crippen LogP contribution in [0.3, 0.4) is 0 Å². The molecular formula is C20H29FN4O3S. The summed E-state index contributed by atoms with van der Waals surface area (Å²) < 4.78 is 45.7. The number of halogens is 1. The predicted molar refractivity (Wildman–Crippen MR) is 109 cm³/mol. The van der Waals surface area contributed by atoms with E-state index in [1.165, 1.54) is 6.07 Å². The minimum atomic E-state index is -3.19. The molecule has 29 heavy (non-hydrogen) atoms. The fourth-order valence-electron chi connectivity index (χ4n) is 3.44. The van der Waals surface area contributed by atoms with E-state index in [0.717, 1.165) is 12.8 Å². The zero-order valence-electron chi connectivity index (χ0n) is 17.3. The predicted octanol–water partition coefficient (Wildman–Crippen LogP) is 3.38. The molecule has 160 valence electrons. The van der Waals surface area contributed by atoms with Crippen molar-refractivity contribution in [3.05, 3.63) is 35.5 Å². The molecule has 1 atom stereocenters. The Morgan fingerprint density at radius 3 is 2.59 bits per heavy atom. The van der Waals surface area contributed by atoms with Gasteiger partial charge in [-0.2, -0.15) is 9.29 Å². The summed E-state index contributed by atoms with van der Waals surface area (Å²) in [4.78, 5) is 6.56. The van der Waals surface area contributed by atoms with Crippen molar-refractivity contribution < 1.29 is 17.3 Å². The Hall–Kier alpha value is -1.84. The molecule has 1 saturated heterocycles. The maximum atomic E-state index is 13.8. The third kappa shape index (κ3) is 5.21. The molecule has 1 aromatic carbocycles. The van der Waals surface area contributed by atoms with Gasteiger partial charge < -0.3 is 4.52 Å². The van der Waals surface area contributed by atoms with Crippen LogP contribution in [0, 0.1) is 12.7 Å². The van der Waals surface area contributed by atoms with Gasteiger partial charge in [0.15, 0.2) is 0 Å². The van der Waals surface area contributed by atoms with E-state index >= 15 is 0 Å². The molecule has 0 radical (unpaired) electrons. The van der Waals surface area contributed by atoms with Gasteiger partial charge in [0, 0.05) is 31.7 Å². The molecule has 2 aromatic rings. The molecule has 0 N–H and O–H groups in total. The number of sulfonamides is 1. The number of benzene rings is 1. The van der Waals surface area contributed by atoms with E-state index in [4.69, 9.17) is 4.52 Å². The molecule has 1 aliphatic rings. The summed E-state index contributed by atoms with van der Waals surface area (Å²) in [6, 6.07) is 4.71. The Balaban J connectivity index is 1.60. The smallest absolute Gasteiger partial charge is 0.244 e. The first-order valence-electron chi connectivity index (χ1n) is 10.1. The monoisotopic (exact) mass is 424 g/mol. The first-order valence-corrected chi connectivity index (χ1v) is 11.7. The summed E-state index contributed by atoms with van der Waals surface area (Å²) >= 11 is 0. The van der Waals surface area contributed by atoms with Crippen molar-refractivity contribution in [3.8, 4) is 11.4 Å². The van der Waals surface area contributed by atoms with Crippen molar-refractivity contribution in [2.24, 2.45) is 0 Å². The molecule has 0 aliphatic carbocycles. The first kappa shape index (κ1) is 21.9. The highest BCUT2D eigenvalue weighted by Gasteiger charge is 2.30. The van der Waals surface area contributed by atoms with Crippen LogP contribution in [0.25, 0.3) is 11.4 Å². The lowest BCUT2D eigenvalue weighted by molar-refractivity contribution is 0.124. The van der Waals surface area contributed by atoms with Crippen LogP contribution in [-0.2, 0) is 10.0 Å². The second-order valence-electron chi connectivity index (χ2n) is 7.55. The Labute approximate surface area is 171 Å². The second-order valence-corrected chi connectivity index (χ2v) is 9.64. The van der Waals surface area contributed by atoms with Crippen LogP contribution in [0.2, 0.25) is 0 Å². The lowest BCUT2D eigenvalue weighted by atomic mass is 10.1. The maximum Gasteiger partial charge on any atom is 0.244 e. The summed E-state index contributed by atoms with van der Waals surface area (Å²) in [5.74, 6) is 0.706. The number of aromatic nitrogens is 2. The first-order chi connectivity index (χ1) is 13.8. The number of nitrogens with zero attached hydrogens (tertiary/aromatic N) is 4. The van der Waals surface area contributed by atoms with Gasteiger partial charge in [0.2, 0.25) is 21.7 Å². The van der Waals surface area contributed by atoms with Gasteiger partial charge in [-0.3, -0.25) is 4.90 Å². The van der Waals surface area contributed by atoms with E-state index in [1.54, 1.807) is 23.4 Å². The van der Waals surface area contributed by atoms with Crippen LogP contribution in [0.1, 0.15) is 50.6 Å². The molecule has 7 nitrogen and oxygen atoms in total. The Morgan fingerprint density at radius 2 is 1.93 bits per heavy atom. The van der Waals surface area contributed by atoms with Crippen LogP contribution >= 0.6 is 0 Å². The fourth-order valence-corrected chi connectivity index (χ4v) is 4.99. The molecule has 9 heteroatoms. The largest absolute Gasteiger partial charge is 0.337 e. The molecule has 2 heterocycles. The molecule has 0 spiro atoms. The van der Waals surface area contributed by atoms with Gasteiger partial charge in [-0.1, -0.05) is 37.1 Å². The van der Waals surface area contributed by atoms with Gasteiger partial charge in [-0.15, -0.1) is 0 Å². The highest BCUT2D eigenvalue weighted by atomic mass is 32.2. The van der Waals surface area contributed by atoms with E-state index in [1.807, 2.05) is 6.92 Å². The number of hydrogen-bond donors (Lipinski definition) is 0. The van der Waals surface area contributed by atoms with Crippen LogP contribution < -0.4 is 0 Å². The van der Waals surface area contributed by atoms with Gasteiger partial charge in [0.05, 0.1) is 11.8 Å². The number of aryl methyl sites for hydroxylation is 1. The van der Waals surface area contributed by atoms with Gasteiger partial charge in [-0.05, 0) is 31.9 Å². The zero-order chi connectivity index (χ0) is 21.0. The Bertz CT molecular complexity index is 924. The van der Waals surface area contributed by atoms with Crippen LogP contribution in [-0.4, -0.2) is 59.7 Å². The van der Waals surface area contributed by atoms with Crippen LogP contribution in [0.15, 0.2) is 22.7 Å². The molecule has 1 fully saturated rings. The SMILES string of the molecule is CCCCCS(=O)(=O)N1CCN(C(C)c2nc(-c3ccc(C)c(F)c3)no2)CC1. The number of hydrogen-bond acceptors (Lipinski definition) is 6. The molecule has 0 saturated carbocycles. The average Bonchev–Trinajstić information content (AvgIpc) is 3.20. The lowest BCUT2D eigenvalue weighted by Gasteiger charge is -2.36. The maximum absolute atomic E-state index is 13.8. The fraction of sp³-hybridized carbons (Fsp3) is 0.600. The van der Waals surface area contributed by atoms with Crippen molar-refractivity contribution in [2.75, 3.05) is 31.9 Å². The number of piperazine rings is 1. The van der Waals surface area contributed by atoms with Crippen LogP contribution in [0.4, 0.5) is 4.39 Å². The second kappa shape index (κ2) is 9.32. The topological polar surface area (TPSA) is 79.5 Å². The summed E-state index contributed by atoms with van der Waals surface area (Å²) in [5.41, 5.74) is 1.13. The minimum absolute atomic E-state index is 0.142. The molecule has 1 unspecified atom stereocenters.